The number of ether oxygens (including phenoxy) is 2. The lowest BCUT2D eigenvalue weighted by molar-refractivity contribution is 0.102. The smallest absolute Gasteiger partial charge is 0.259 e. The van der Waals surface area contributed by atoms with Gasteiger partial charge in [0, 0.05) is 10.0 Å². The third-order valence-corrected chi connectivity index (χ3v) is 5.94. The van der Waals surface area contributed by atoms with E-state index in [0.29, 0.717) is 33.5 Å². The Morgan fingerprint density at radius 3 is 2.63 bits per heavy atom. The topological polar surface area (TPSA) is 90.6 Å². The van der Waals surface area contributed by atoms with Crippen molar-refractivity contribution in [3.8, 4) is 22.1 Å². The van der Waals surface area contributed by atoms with Crippen molar-refractivity contribution in [1.29, 1.82) is 0 Å². The van der Waals surface area contributed by atoms with Gasteiger partial charge in [-0.3, -0.25) is 4.79 Å². The van der Waals surface area contributed by atoms with Gasteiger partial charge in [-0.05, 0) is 49.7 Å². The summed E-state index contributed by atoms with van der Waals surface area (Å²) >= 11 is 4.86. The van der Waals surface area contributed by atoms with Gasteiger partial charge in [-0.25, -0.2) is 0 Å². The van der Waals surface area contributed by atoms with E-state index in [-0.39, 0.29) is 5.91 Å². The van der Waals surface area contributed by atoms with Crippen LogP contribution in [-0.2, 0) is 0 Å². The summed E-state index contributed by atoms with van der Waals surface area (Å²) in [5, 5.41) is 16.4. The first kappa shape index (κ1) is 20.3. The molecule has 0 fully saturated rings. The van der Waals surface area contributed by atoms with E-state index in [2.05, 4.69) is 36.5 Å². The van der Waals surface area contributed by atoms with Gasteiger partial charge < -0.3 is 14.8 Å². The summed E-state index contributed by atoms with van der Waals surface area (Å²) < 4.78 is 13.4. The fourth-order valence-corrected chi connectivity index (χ4v) is 4.58. The minimum Gasteiger partial charge on any atom is -0.496 e. The lowest BCUT2D eigenvalue weighted by Crippen LogP contribution is -2.14. The summed E-state index contributed by atoms with van der Waals surface area (Å²) in [6.07, 6.45) is 0. The second-order valence-corrected chi connectivity index (χ2v) is 8.39. The van der Waals surface area contributed by atoms with E-state index in [9.17, 15) is 4.79 Å². The fraction of sp³-hybridized carbons (Fsp3) is 0.200. The minimum absolute atomic E-state index is 0.305. The van der Waals surface area contributed by atoms with Gasteiger partial charge in [0.2, 0.25) is 4.96 Å². The third-order valence-electron chi connectivity index (χ3n) is 4.53. The molecule has 0 aliphatic rings. The van der Waals surface area contributed by atoms with Gasteiger partial charge in [0.05, 0.1) is 25.5 Å². The molecule has 30 heavy (non-hydrogen) atoms. The molecule has 0 saturated carbocycles. The number of nitrogens with zero attached hydrogens (tertiary/aromatic N) is 4. The third kappa shape index (κ3) is 3.63. The van der Waals surface area contributed by atoms with Gasteiger partial charge >= 0.3 is 0 Å². The summed E-state index contributed by atoms with van der Waals surface area (Å²) in [7, 11) is 3.10. The van der Waals surface area contributed by atoms with E-state index < -0.39 is 0 Å². The number of carbonyl (C=O) groups is 1. The Bertz CT molecular complexity index is 1270. The molecule has 0 spiro atoms. The van der Waals surface area contributed by atoms with Crippen LogP contribution in [0.2, 0.25) is 0 Å². The van der Waals surface area contributed by atoms with Crippen LogP contribution in [0.1, 0.15) is 21.7 Å². The number of methoxy groups -OCH3 is 2. The molecule has 10 heteroatoms. The zero-order chi connectivity index (χ0) is 21.4. The van der Waals surface area contributed by atoms with Gasteiger partial charge in [-0.15, -0.1) is 10.2 Å². The van der Waals surface area contributed by atoms with E-state index in [4.69, 9.17) is 9.47 Å². The number of amides is 1. The molecule has 4 aromatic rings. The second kappa shape index (κ2) is 8.04. The molecule has 0 aliphatic carbocycles. The molecule has 2 aromatic carbocycles. The van der Waals surface area contributed by atoms with E-state index >= 15 is 0 Å². The molecule has 2 aromatic heterocycles. The molecule has 0 unspecified atom stereocenters. The fourth-order valence-electron chi connectivity index (χ4n) is 3.13. The number of hydrogen-bond donors (Lipinski definition) is 1. The number of nitrogens with one attached hydrogen (secondary N) is 1. The van der Waals surface area contributed by atoms with E-state index in [0.717, 1.165) is 20.6 Å². The number of rotatable bonds is 5. The minimum atomic E-state index is -0.305. The lowest BCUT2D eigenvalue weighted by atomic mass is 10.1. The maximum Gasteiger partial charge on any atom is 0.259 e. The maximum atomic E-state index is 13.1. The number of hydrogen-bond acceptors (Lipinski definition) is 7. The lowest BCUT2D eigenvalue weighted by Gasteiger charge is -2.14. The summed E-state index contributed by atoms with van der Waals surface area (Å²) in [5.74, 6) is 1.47. The molecule has 4 rings (SSSR count). The Morgan fingerprint density at radius 1 is 1.13 bits per heavy atom. The SMILES string of the molecule is COc1ccc(-c2nn3c(C)nnc3s2)cc1NC(=O)c1cc(Br)cc(C)c1OC. The first-order valence-electron chi connectivity index (χ1n) is 8.94. The van der Waals surface area contributed by atoms with Crippen LogP contribution in [0.4, 0.5) is 5.69 Å². The van der Waals surface area contributed by atoms with Gasteiger partial charge in [0.25, 0.3) is 5.91 Å². The molecule has 0 aliphatic heterocycles. The van der Waals surface area contributed by atoms with Crippen LogP contribution in [0.15, 0.2) is 34.8 Å². The molecular formula is C20H18BrN5O3S. The van der Waals surface area contributed by atoms with Crippen LogP contribution < -0.4 is 14.8 Å². The molecule has 1 N–H and O–H groups in total. The van der Waals surface area contributed by atoms with Gasteiger partial charge in [-0.2, -0.15) is 9.61 Å². The van der Waals surface area contributed by atoms with Crippen molar-refractivity contribution in [1.82, 2.24) is 19.8 Å². The van der Waals surface area contributed by atoms with E-state index in [1.165, 1.54) is 11.3 Å². The van der Waals surface area contributed by atoms with E-state index in [1.807, 2.05) is 32.0 Å². The van der Waals surface area contributed by atoms with E-state index in [1.54, 1.807) is 30.9 Å². The van der Waals surface area contributed by atoms with Gasteiger partial charge in [0.1, 0.15) is 16.5 Å². The quantitative estimate of drug-likeness (QED) is 0.445. The Labute approximate surface area is 185 Å². The Hall–Kier alpha value is -2.98. The summed E-state index contributed by atoms with van der Waals surface area (Å²) in [6, 6.07) is 9.13. The van der Waals surface area contributed by atoms with Crippen LogP contribution in [0.25, 0.3) is 15.5 Å². The maximum absolute atomic E-state index is 13.1. The van der Waals surface area contributed by atoms with Crippen LogP contribution in [0.5, 0.6) is 11.5 Å². The van der Waals surface area contributed by atoms with Crippen LogP contribution in [-0.4, -0.2) is 39.9 Å². The molecule has 1 amide bonds. The summed E-state index contributed by atoms with van der Waals surface area (Å²) in [6.45, 7) is 3.73. The molecular weight excluding hydrogens is 470 g/mol. The first-order valence-corrected chi connectivity index (χ1v) is 10.5. The molecule has 0 bridgehead atoms. The number of carbonyl (C=O) groups excluding carboxylic acids is 1. The van der Waals surface area contributed by atoms with Crippen molar-refractivity contribution >= 4 is 43.8 Å². The number of aromatic nitrogens is 4. The Morgan fingerprint density at radius 2 is 1.93 bits per heavy atom. The highest BCUT2D eigenvalue weighted by molar-refractivity contribution is 9.10. The number of benzene rings is 2. The van der Waals surface area contributed by atoms with Crippen molar-refractivity contribution in [2.45, 2.75) is 13.8 Å². The van der Waals surface area contributed by atoms with Crippen molar-refractivity contribution < 1.29 is 14.3 Å². The number of aryl methyl sites for hydroxylation is 2. The summed E-state index contributed by atoms with van der Waals surface area (Å²) in [4.78, 5) is 13.8. The molecule has 0 saturated heterocycles. The number of anilines is 1. The van der Waals surface area contributed by atoms with Crippen molar-refractivity contribution in [2.75, 3.05) is 19.5 Å². The average molecular weight is 488 g/mol. The number of halogens is 1. The van der Waals surface area contributed by atoms with Crippen molar-refractivity contribution in [3.05, 3.63) is 51.8 Å². The van der Waals surface area contributed by atoms with Crippen molar-refractivity contribution in [2.24, 2.45) is 0 Å². The second-order valence-electron chi connectivity index (χ2n) is 6.52. The Balaban J connectivity index is 1.72. The predicted molar refractivity (Wildman–Crippen MR) is 119 cm³/mol. The Kier molecular flexibility index (Phi) is 5.44. The van der Waals surface area contributed by atoms with Crippen LogP contribution in [0, 0.1) is 13.8 Å². The standard InChI is InChI=1S/C20H18BrN5O3S/c1-10-7-13(21)9-14(17(10)29-4)18(27)22-15-8-12(5-6-16(15)28-3)19-25-26-11(2)23-24-20(26)30-19/h5-9H,1-4H3,(H,22,27). The molecule has 0 radical (unpaired) electrons. The van der Waals surface area contributed by atoms with Crippen LogP contribution in [0.3, 0.4) is 0 Å². The largest absolute Gasteiger partial charge is 0.496 e. The molecule has 154 valence electrons. The molecule has 8 nitrogen and oxygen atoms in total. The molecule has 2 heterocycles. The summed E-state index contributed by atoms with van der Waals surface area (Å²) in [5.41, 5.74) is 2.64. The zero-order valence-corrected chi connectivity index (χ0v) is 19.1. The van der Waals surface area contributed by atoms with Gasteiger partial charge in [-0.1, -0.05) is 27.3 Å². The zero-order valence-electron chi connectivity index (χ0n) is 16.7. The highest BCUT2D eigenvalue weighted by atomic mass is 79.9. The number of fused-ring (bicyclic) bond motifs is 1. The average Bonchev–Trinajstić information content (AvgIpc) is 3.29. The predicted octanol–water partition coefficient (Wildman–Crippen LogP) is 4.50. The highest BCUT2D eigenvalue weighted by Gasteiger charge is 2.19. The van der Waals surface area contributed by atoms with Crippen molar-refractivity contribution in [3.63, 3.8) is 0 Å². The van der Waals surface area contributed by atoms with Crippen LogP contribution >= 0.6 is 27.3 Å². The monoisotopic (exact) mass is 487 g/mol. The van der Waals surface area contributed by atoms with Gasteiger partial charge in [0.15, 0.2) is 5.82 Å². The first-order chi connectivity index (χ1) is 14.4. The normalized spacial score (nSPS) is 11.0. The highest BCUT2D eigenvalue weighted by Crippen LogP contribution is 2.34. The molecule has 0 atom stereocenters.